The van der Waals surface area contributed by atoms with Gasteiger partial charge in [-0.3, -0.25) is 4.79 Å². The molecular formula is C17H28N4O2. The maximum absolute atomic E-state index is 11.9. The molecule has 6 nitrogen and oxygen atoms in total. The number of nitrogens with one attached hydrogen (secondary N) is 3. The Morgan fingerprint density at radius 3 is 2.70 bits per heavy atom. The maximum Gasteiger partial charge on any atom is 0.242 e. The lowest BCUT2D eigenvalue weighted by molar-refractivity contribution is -0.119. The molecule has 1 aromatic heterocycles. The Kier molecular flexibility index (Phi) is 6.50. The highest BCUT2D eigenvalue weighted by atomic mass is 16.3. The minimum absolute atomic E-state index is 0.106. The van der Waals surface area contributed by atoms with Crippen LogP contribution < -0.4 is 16.0 Å². The fourth-order valence-electron chi connectivity index (χ4n) is 2.75. The first-order chi connectivity index (χ1) is 11.2. The smallest absolute Gasteiger partial charge is 0.242 e. The molecule has 1 saturated carbocycles. The Balaban J connectivity index is 1.76. The van der Waals surface area contributed by atoms with Crippen molar-refractivity contribution in [2.24, 2.45) is 10.4 Å². The van der Waals surface area contributed by atoms with Crippen molar-refractivity contribution < 1.29 is 9.21 Å². The zero-order valence-corrected chi connectivity index (χ0v) is 14.2. The molecule has 1 amide bonds. The van der Waals surface area contributed by atoms with Crippen molar-refractivity contribution in [1.82, 2.24) is 16.0 Å². The molecule has 0 aliphatic heterocycles. The van der Waals surface area contributed by atoms with E-state index < -0.39 is 0 Å². The molecular weight excluding hydrogens is 292 g/mol. The lowest BCUT2D eigenvalue weighted by atomic mass is 9.67. The van der Waals surface area contributed by atoms with Gasteiger partial charge < -0.3 is 20.4 Å². The van der Waals surface area contributed by atoms with E-state index in [0.29, 0.717) is 17.9 Å². The lowest BCUT2D eigenvalue weighted by Crippen LogP contribution is -2.46. The molecule has 1 aliphatic carbocycles. The van der Waals surface area contributed by atoms with Crippen molar-refractivity contribution in [1.29, 1.82) is 0 Å². The highest BCUT2D eigenvalue weighted by Crippen LogP contribution is 2.42. The number of rotatable bonds is 8. The zero-order chi connectivity index (χ0) is 16.5. The predicted octanol–water partition coefficient (Wildman–Crippen LogP) is 2.03. The Hall–Kier alpha value is -1.98. The average Bonchev–Trinajstić information content (AvgIpc) is 3.03. The van der Waals surface area contributed by atoms with Crippen LogP contribution in [0, 0.1) is 5.41 Å². The molecule has 0 radical (unpaired) electrons. The molecule has 0 bridgehead atoms. The first kappa shape index (κ1) is 17.4. The second kappa shape index (κ2) is 8.60. The number of nitrogens with zero attached hydrogens (tertiary/aromatic N) is 1. The van der Waals surface area contributed by atoms with Crippen LogP contribution in [0.4, 0.5) is 0 Å². The van der Waals surface area contributed by atoms with Gasteiger partial charge in [0.1, 0.15) is 12.3 Å². The van der Waals surface area contributed by atoms with Gasteiger partial charge in [-0.2, -0.15) is 0 Å². The van der Waals surface area contributed by atoms with Crippen molar-refractivity contribution in [3.8, 4) is 0 Å². The van der Waals surface area contributed by atoms with Gasteiger partial charge in [-0.25, -0.2) is 4.99 Å². The van der Waals surface area contributed by atoms with Gasteiger partial charge in [0.2, 0.25) is 5.91 Å². The standard InChI is InChI=1S/C17H28N4O2/c1-3-17(8-6-9-17)13-21-16(18-4-2)20-12-15(22)19-11-14-7-5-10-23-14/h5,7,10H,3-4,6,8-9,11-13H2,1-2H3,(H,19,22)(H2,18,20,21). The van der Waals surface area contributed by atoms with E-state index in [1.807, 2.05) is 13.0 Å². The third-order valence-corrected chi connectivity index (χ3v) is 4.56. The van der Waals surface area contributed by atoms with Crippen LogP contribution in [-0.2, 0) is 11.3 Å². The van der Waals surface area contributed by atoms with Crippen LogP contribution in [0.25, 0.3) is 0 Å². The largest absolute Gasteiger partial charge is 0.467 e. The van der Waals surface area contributed by atoms with Crippen LogP contribution in [0.3, 0.4) is 0 Å². The number of aliphatic imine (C=N–C) groups is 1. The van der Waals surface area contributed by atoms with Gasteiger partial charge in [-0.1, -0.05) is 13.3 Å². The van der Waals surface area contributed by atoms with Crippen LogP contribution in [0.15, 0.2) is 27.8 Å². The van der Waals surface area contributed by atoms with E-state index in [-0.39, 0.29) is 12.5 Å². The van der Waals surface area contributed by atoms with Gasteiger partial charge in [0.15, 0.2) is 5.96 Å². The first-order valence-electron chi connectivity index (χ1n) is 8.49. The van der Waals surface area contributed by atoms with Gasteiger partial charge in [-0.15, -0.1) is 0 Å². The quantitative estimate of drug-likeness (QED) is 0.506. The van der Waals surface area contributed by atoms with Gasteiger partial charge in [0.05, 0.1) is 12.8 Å². The molecule has 0 atom stereocenters. The van der Waals surface area contributed by atoms with Crippen LogP contribution in [0.5, 0.6) is 0 Å². The van der Waals surface area contributed by atoms with Crippen LogP contribution in [0.1, 0.15) is 45.3 Å². The summed E-state index contributed by atoms with van der Waals surface area (Å²) in [5.74, 6) is 1.33. The van der Waals surface area contributed by atoms with Crippen LogP contribution in [-0.4, -0.2) is 31.5 Å². The van der Waals surface area contributed by atoms with Crippen molar-refractivity contribution in [2.45, 2.75) is 46.1 Å². The third-order valence-electron chi connectivity index (χ3n) is 4.56. The first-order valence-corrected chi connectivity index (χ1v) is 8.49. The third kappa shape index (κ3) is 5.30. The number of carbonyl (C=O) groups is 1. The van der Waals surface area contributed by atoms with E-state index >= 15 is 0 Å². The maximum atomic E-state index is 11.9. The van der Waals surface area contributed by atoms with E-state index in [0.717, 1.165) is 18.8 Å². The highest BCUT2D eigenvalue weighted by molar-refractivity contribution is 5.84. The zero-order valence-electron chi connectivity index (χ0n) is 14.2. The predicted molar refractivity (Wildman–Crippen MR) is 91.1 cm³/mol. The number of amides is 1. The monoisotopic (exact) mass is 320 g/mol. The molecule has 1 fully saturated rings. The van der Waals surface area contributed by atoms with Gasteiger partial charge >= 0.3 is 0 Å². The summed E-state index contributed by atoms with van der Waals surface area (Å²) < 4.78 is 5.18. The summed E-state index contributed by atoms with van der Waals surface area (Å²) in [6.45, 7) is 6.46. The molecule has 1 aliphatic rings. The molecule has 128 valence electrons. The second-order valence-electron chi connectivity index (χ2n) is 6.11. The fraction of sp³-hybridized carbons (Fsp3) is 0.647. The summed E-state index contributed by atoms with van der Waals surface area (Å²) >= 11 is 0. The van der Waals surface area contributed by atoms with E-state index in [4.69, 9.17) is 4.42 Å². The molecule has 3 N–H and O–H groups in total. The number of carbonyl (C=O) groups excluding carboxylic acids is 1. The molecule has 2 rings (SSSR count). The molecule has 1 heterocycles. The topological polar surface area (TPSA) is 78.7 Å². The summed E-state index contributed by atoms with van der Waals surface area (Å²) in [4.78, 5) is 16.2. The Morgan fingerprint density at radius 2 is 2.13 bits per heavy atom. The number of hydrogen-bond donors (Lipinski definition) is 3. The highest BCUT2D eigenvalue weighted by Gasteiger charge is 2.34. The fourth-order valence-corrected chi connectivity index (χ4v) is 2.75. The van der Waals surface area contributed by atoms with Gasteiger partial charge in [0.25, 0.3) is 0 Å². The van der Waals surface area contributed by atoms with E-state index in [2.05, 4.69) is 27.9 Å². The summed E-state index contributed by atoms with van der Waals surface area (Å²) in [5.41, 5.74) is 0.414. The number of hydrogen-bond acceptors (Lipinski definition) is 3. The Labute approximate surface area is 138 Å². The number of guanidine groups is 1. The van der Waals surface area contributed by atoms with Crippen LogP contribution >= 0.6 is 0 Å². The van der Waals surface area contributed by atoms with Gasteiger partial charge in [-0.05, 0) is 43.7 Å². The number of furan rings is 1. The van der Waals surface area contributed by atoms with E-state index in [9.17, 15) is 4.79 Å². The summed E-state index contributed by atoms with van der Waals surface area (Å²) in [6.07, 6.45) is 6.65. The molecule has 23 heavy (non-hydrogen) atoms. The summed E-state index contributed by atoms with van der Waals surface area (Å²) in [7, 11) is 0. The molecule has 0 aromatic carbocycles. The molecule has 0 unspecified atom stereocenters. The normalized spacial score (nSPS) is 16.5. The SMILES string of the molecule is CCNC(=NCC(=O)NCc1ccco1)NCC1(CC)CCC1. The van der Waals surface area contributed by atoms with Crippen molar-refractivity contribution in [3.05, 3.63) is 24.2 Å². The minimum Gasteiger partial charge on any atom is -0.467 e. The van der Waals surface area contributed by atoms with Gasteiger partial charge in [0, 0.05) is 13.1 Å². The molecule has 0 spiro atoms. The molecule has 1 aromatic rings. The molecule has 6 heteroatoms. The molecule has 0 saturated heterocycles. The minimum atomic E-state index is -0.118. The van der Waals surface area contributed by atoms with Crippen molar-refractivity contribution >= 4 is 11.9 Å². The second-order valence-corrected chi connectivity index (χ2v) is 6.11. The van der Waals surface area contributed by atoms with Crippen LogP contribution in [0.2, 0.25) is 0 Å². The Bertz CT molecular complexity index is 501. The average molecular weight is 320 g/mol. The Morgan fingerprint density at radius 1 is 1.30 bits per heavy atom. The summed E-state index contributed by atoms with van der Waals surface area (Å²) in [6, 6.07) is 3.63. The summed E-state index contributed by atoms with van der Waals surface area (Å²) in [5, 5.41) is 9.37. The van der Waals surface area contributed by atoms with E-state index in [1.165, 1.54) is 25.7 Å². The lowest BCUT2D eigenvalue weighted by Gasteiger charge is -2.41. The van der Waals surface area contributed by atoms with E-state index in [1.54, 1.807) is 12.3 Å². The van der Waals surface area contributed by atoms with Crippen molar-refractivity contribution in [2.75, 3.05) is 19.6 Å². The van der Waals surface area contributed by atoms with Crippen molar-refractivity contribution in [3.63, 3.8) is 0 Å².